The summed E-state index contributed by atoms with van der Waals surface area (Å²) >= 11 is 13.6. The molecule has 0 saturated carbocycles. The van der Waals surface area contributed by atoms with Gasteiger partial charge in [-0.1, -0.05) is 29.3 Å². The zero-order valence-corrected chi connectivity index (χ0v) is 11.4. The minimum absolute atomic E-state index is 0.110. The molecular weight excluding hydrogens is 343 g/mol. The van der Waals surface area contributed by atoms with Gasteiger partial charge in [-0.25, -0.2) is 13.2 Å². The van der Waals surface area contributed by atoms with Crippen LogP contribution >= 0.6 is 39.1 Å². The van der Waals surface area contributed by atoms with Gasteiger partial charge in [-0.3, -0.25) is 0 Å². The molecule has 0 aliphatic carbocycles. The lowest BCUT2D eigenvalue weighted by Gasteiger charge is -2.09. The summed E-state index contributed by atoms with van der Waals surface area (Å²) in [6, 6.07) is 3.97. The van der Waals surface area contributed by atoms with Crippen molar-refractivity contribution in [2.24, 2.45) is 0 Å². The molecule has 0 aliphatic rings. The van der Waals surface area contributed by atoms with Gasteiger partial charge in [0.15, 0.2) is 0 Å². The van der Waals surface area contributed by atoms with Crippen LogP contribution in [-0.4, -0.2) is 23.7 Å². The van der Waals surface area contributed by atoms with Crippen molar-refractivity contribution < 1.29 is 18.3 Å². The smallest absolute Gasteiger partial charge is 0.337 e. The number of hydrogen-bond acceptors (Lipinski definition) is 3. The summed E-state index contributed by atoms with van der Waals surface area (Å²) in [5.74, 6) is -1.37. The molecule has 0 fully saturated rings. The van der Waals surface area contributed by atoms with E-state index in [0.29, 0.717) is 0 Å². The van der Waals surface area contributed by atoms with Crippen molar-refractivity contribution in [3.05, 3.63) is 28.2 Å². The van der Waals surface area contributed by atoms with Crippen LogP contribution in [0.15, 0.2) is 27.6 Å². The Kier molecular flexibility index (Phi) is 4.23. The van der Waals surface area contributed by atoms with Gasteiger partial charge in [0.1, 0.15) is 0 Å². The molecule has 0 radical (unpaired) electrons. The highest BCUT2D eigenvalue weighted by molar-refractivity contribution is 9.10. The summed E-state index contributed by atoms with van der Waals surface area (Å²) < 4.78 is 21.8. The molecular formula is C8H5BrCl2O4S. The predicted octanol–water partition coefficient (Wildman–Crippen LogP) is 2.68. The van der Waals surface area contributed by atoms with Crippen LogP contribution in [-0.2, 0) is 9.84 Å². The van der Waals surface area contributed by atoms with E-state index in [-0.39, 0.29) is 10.0 Å². The van der Waals surface area contributed by atoms with Gasteiger partial charge >= 0.3 is 5.97 Å². The summed E-state index contributed by atoms with van der Waals surface area (Å²) in [4.78, 5) is 10.5. The second-order valence-corrected chi connectivity index (χ2v) is 7.17. The molecule has 0 aromatic heterocycles. The number of halogens is 3. The van der Waals surface area contributed by atoms with Crippen LogP contribution in [0, 0.1) is 0 Å². The Bertz CT molecular complexity index is 527. The molecule has 1 rings (SSSR count). The third-order valence-corrected chi connectivity index (χ3v) is 5.53. The summed E-state index contributed by atoms with van der Waals surface area (Å²) in [6.07, 6.45) is 0. The average Bonchev–Trinajstić information content (AvgIpc) is 2.16. The van der Waals surface area contributed by atoms with Crippen LogP contribution in [0.3, 0.4) is 0 Å². The Morgan fingerprint density at radius 1 is 1.38 bits per heavy atom. The summed E-state index contributed by atoms with van der Waals surface area (Å²) in [5.41, 5.74) is -0.374. The molecule has 88 valence electrons. The first-order valence-electron chi connectivity index (χ1n) is 3.82. The van der Waals surface area contributed by atoms with Crippen LogP contribution in [0.1, 0.15) is 10.4 Å². The minimum Gasteiger partial charge on any atom is -0.478 e. The van der Waals surface area contributed by atoms with Gasteiger partial charge in [-0.2, -0.15) is 0 Å². The molecule has 0 unspecified atom stereocenters. The molecule has 0 heterocycles. The summed E-state index contributed by atoms with van der Waals surface area (Å²) in [7, 11) is -4.08. The van der Waals surface area contributed by atoms with E-state index in [9.17, 15) is 13.2 Å². The van der Waals surface area contributed by atoms with Gasteiger partial charge < -0.3 is 5.11 Å². The van der Waals surface area contributed by atoms with Crippen molar-refractivity contribution in [1.29, 1.82) is 0 Å². The molecule has 1 N–H and O–H groups in total. The topological polar surface area (TPSA) is 71.4 Å². The largest absolute Gasteiger partial charge is 0.478 e. The van der Waals surface area contributed by atoms with Gasteiger partial charge in [0.2, 0.25) is 14.0 Å². The van der Waals surface area contributed by atoms with Crippen LogP contribution in [0.4, 0.5) is 0 Å². The summed E-state index contributed by atoms with van der Waals surface area (Å²) in [6.45, 7) is 0. The van der Waals surface area contributed by atoms with Crippen LogP contribution < -0.4 is 0 Å². The zero-order valence-electron chi connectivity index (χ0n) is 7.52. The molecule has 0 bridgehead atoms. The van der Waals surface area contributed by atoms with Gasteiger partial charge in [-0.05, 0) is 28.1 Å². The van der Waals surface area contributed by atoms with E-state index in [0.717, 1.165) is 6.07 Å². The number of hydrogen-bond donors (Lipinski definition) is 1. The van der Waals surface area contributed by atoms with Crippen molar-refractivity contribution in [3.63, 3.8) is 0 Å². The summed E-state index contributed by atoms with van der Waals surface area (Å²) in [5, 5.41) is 8.86. The SMILES string of the molecule is O=C(O)c1cccc(Br)c1S(=O)(=O)C(Cl)Cl. The fraction of sp³-hybridized carbons (Fsp3) is 0.125. The Hall–Kier alpha value is -0.300. The van der Waals surface area contributed by atoms with E-state index in [2.05, 4.69) is 15.9 Å². The molecule has 0 saturated heterocycles. The lowest BCUT2D eigenvalue weighted by molar-refractivity contribution is 0.0692. The molecule has 0 spiro atoms. The van der Waals surface area contributed by atoms with Crippen LogP contribution in [0.2, 0.25) is 0 Å². The quantitative estimate of drug-likeness (QED) is 0.853. The molecule has 1 aromatic rings. The standard InChI is InChI=1S/C8H5BrCl2O4S/c9-5-3-1-2-4(7(12)13)6(5)16(14,15)8(10)11/h1-3,8H,(H,12,13). The zero-order chi connectivity index (χ0) is 12.5. The minimum atomic E-state index is -4.08. The third kappa shape index (κ3) is 2.51. The first-order valence-corrected chi connectivity index (χ1v) is 7.03. The first-order chi connectivity index (χ1) is 7.28. The fourth-order valence-electron chi connectivity index (χ4n) is 1.06. The molecule has 0 atom stereocenters. The molecule has 0 amide bonds. The average molecular weight is 348 g/mol. The van der Waals surface area contributed by atoms with E-state index >= 15 is 0 Å². The van der Waals surface area contributed by atoms with E-state index in [1.54, 1.807) is 0 Å². The maximum Gasteiger partial charge on any atom is 0.337 e. The Morgan fingerprint density at radius 3 is 2.38 bits per heavy atom. The van der Waals surface area contributed by atoms with E-state index in [4.69, 9.17) is 28.3 Å². The molecule has 4 nitrogen and oxygen atoms in total. The molecule has 8 heteroatoms. The van der Waals surface area contributed by atoms with Crippen molar-refractivity contribution in [3.8, 4) is 0 Å². The normalized spacial score (nSPS) is 11.8. The Morgan fingerprint density at radius 2 is 1.94 bits per heavy atom. The molecule has 0 aliphatic heterocycles. The lowest BCUT2D eigenvalue weighted by Crippen LogP contribution is -2.15. The third-order valence-electron chi connectivity index (χ3n) is 1.72. The highest BCUT2D eigenvalue weighted by Crippen LogP contribution is 2.31. The number of carbonyl (C=O) groups is 1. The number of benzene rings is 1. The Balaban J connectivity index is 3.62. The lowest BCUT2D eigenvalue weighted by atomic mass is 10.2. The fourth-order valence-corrected chi connectivity index (χ4v) is 3.61. The maximum absolute atomic E-state index is 11.7. The van der Waals surface area contributed by atoms with Gasteiger partial charge in [0, 0.05) is 4.47 Å². The monoisotopic (exact) mass is 346 g/mol. The van der Waals surface area contributed by atoms with Gasteiger partial charge in [0.05, 0.1) is 10.5 Å². The highest BCUT2D eigenvalue weighted by atomic mass is 79.9. The number of aromatic carboxylic acids is 1. The van der Waals surface area contributed by atoms with Gasteiger partial charge in [-0.15, -0.1) is 0 Å². The van der Waals surface area contributed by atoms with E-state index in [1.165, 1.54) is 12.1 Å². The van der Waals surface area contributed by atoms with Crippen LogP contribution in [0.25, 0.3) is 0 Å². The van der Waals surface area contributed by atoms with Crippen molar-refractivity contribution in [2.45, 2.75) is 9.06 Å². The second-order valence-electron chi connectivity index (χ2n) is 2.73. The number of alkyl halides is 2. The first kappa shape index (κ1) is 13.8. The number of rotatable bonds is 3. The second kappa shape index (κ2) is 4.91. The molecule has 1 aromatic carbocycles. The number of sulfone groups is 1. The Labute approximate surface area is 110 Å². The van der Waals surface area contributed by atoms with Crippen molar-refractivity contribution in [1.82, 2.24) is 0 Å². The highest BCUT2D eigenvalue weighted by Gasteiger charge is 2.30. The maximum atomic E-state index is 11.7. The van der Waals surface area contributed by atoms with Gasteiger partial charge in [0.25, 0.3) is 0 Å². The van der Waals surface area contributed by atoms with Crippen molar-refractivity contribution in [2.75, 3.05) is 0 Å². The molecule has 16 heavy (non-hydrogen) atoms. The van der Waals surface area contributed by atoms with E-state index < -0.39 is 24.9 Å². The number of carboxylic acid groups (broad SMARTS) is 1. The van der Waals surface area contributed by atoms with Crippen LogP contribution in [0.5, 0.6) is 0 Å². The van der Waals surface area contributed by atoms with Crippen molar-refractivity contribution >= 4 is 54.9 Å². The predicted molar refractivity (Wildman–Crippen MR) is 63.8 cm³/mol. The number of carboxylic acids is 1. The van der Waals surface area contributed by atoms with E-state index in [1.807, 2.05) is 0 Å².